The molecule has 2 heterocycles. The van der Waals surface area contributed by atoms with Gasteiger partial charge in [0.25, 0.3) is 5.91 Å². The maximum absolute atomic E-state index is 13.7. The Labute approximate surface area is 125 Å². The molecule has 1 aliphatic heterocycles. The summed E-state index contributed by atoms with van der Waals surface area (Å²) in [6.07, 6.45) is 3.21. The third-order valence-electron chi connectivity index (χ3n) is 3.67. The summed E-state index contributed by atoms with van der Waals surface area (Å²) in [4.78, 5) is 18.8. The molecular formula is C15H15FN2O2S. The Balaban J connectivity index is 1.85. The van der Waals surface area contributed by atoms with Crippen LogP contribution in [0.3, 0.4) is 0 Å². The molecular weight excluding hydrogens is 291 g/mol. The Morgan fingerprint density at radius 1 is 1.48 bits per heavy atom. The summed E-state index contributed by atoms with van der Waals surface area (Å²) in [6, 6.07) is 6.27. The van der Waals surface area contributed by atoms with Gasteiger partial charge in [-0.25, -0.2) is 9.37 Å². The van der Waals surface area contributed by atoms with E-state index in [1.54, 1.807) is 23.1 Å². The SMILES string of the molecule is O=C(c1cnc(-c2ccccc2F)s1)N1CCC[C@@H]1CO. The first-order valence-electron chi connectivity index (χ1n) is 6.83. The molecule has 0 spiro atoms. The predicted molar refractivity (Wildman–Crippen MR) is 78.7 cm³/mol. The minimum absolute atomic E-state index is 0.0231. The minimum atomic E-state index is -0.347. The van der Waals surface area contributed by atoms with Crippen LogP contribution in [0.2, 0.25) is 0 Å². The molecule has 21 heavy (non-hydrogen) atoms. The molecule has 0 bridgehead atoms. The number of amides is 1. The Hall–Kier alpha value is -1.79. The van der Waals surface area contributed by atoms with Crippen molar-refractivity contribution in [3.8, 4) is 10.6 Å². The Kier molecular flexibility index (Phi) is 3.98. The van der Waals surface area contributed by atoms with Crippen LogP contribution < -0.4 is 0 Å². The standard InChI is InChI=1S/C15H15FN2O2S/c16-12-6-2-1-5-11(12)14-17-8-13(21-14)15(20)18-7-3-4-10(18)9-19/h1-2,5-6,8,10,19H,3-4,7,9H2/t10-/m1/s1. The summed E-state index contributed by atoms with van der Waals surface area (Å²) in [5, 5.41) is 9.79. The number of rotatable bonds is 3. The van der Waals surface area contributed by atoms with E-state index >= 15 is 0 Å². The third-order valence-corrected chi connectivity index (χ3v) is 4.69. The van der Waals surface area contributed by atoms with Gasteiger partial charge in [-0.3, -0.25) is 4.79 Å². The maximum atomic E-state index is 13.7. The van der Waals surface area contributed by atoms with Crippen molar-refractivity contribution in [1.82, 2.24) is 9.88 Å². The molecule has 4 nitrogen and oxygen atoms in total. The van der Waals surface area contributed by atoms with Gasteiger partial charge in [-0.2, -0.15) is 0 Å². The molecule has 1 aromatic heterocycles. The summed E-state index contributed by atoms with van der Waals surface area (Å²) < 4.78 is 13.7. The van der Waals surface area contributed by atoms with Gasteiger partial charge in [-0.1, -0.05) is 12.1 Å². The van der Waals surface area contributed by atoms with E-state index in [9.17, 15) is 14.3 Å². The molecule has 0 aliphatic carbocycles. The van der Waals surface area contributed by atoms with Crippen molar-refractivity contribution in [2.75, 3.05) is 13.2 Å². The second-order valence-corrected chi connectivity index (χ2v) is 6.02. The molecule has 1 amide bonds. The van der Waals surface area contributed by atoms with E-state index in [1.165, 1.54) is 23.6 Å². The number of nitrogens with zero attached hydrogens (tertiary/aromatic N) is 2. The Morgan fingerprint density at radius 2 is 2.29 bits per heavy atom. The first-order valence-corrected chi connectivity index (χ1v) is 7.65. The topological polar surface area (TPSA) is 53.4 Å². The summed E-state index contributed by atoms with van der Waals surface area (Å²) in [6.45, 7) is 0.627. The number of hydrogen-bond donors (Lipinski definition) is 1. The summed E-state index contributed by atoms with van der Waals surface area (Å²) in [5.41, 5.74) is 0.404. The third kappa shape index (κ3) is 2.69. The second kappa shape index (κ2) is 5.91. The van der Waals surface area contributed by atoms with Gasteiger partial charge in [0.1, 0.15) is 15.7 Å². The number of aromatic nitrogens is 1. The lowest BCUT2D eigenvalue weighted by Crippen LogP contribution is -2.37. The molecule has 1 fully saturated rings. The average molecular weight is 306 g/mol. The Bertz CT molecular complexity index is 659. The number of aliphatic hydroxyl groups is 1. The zero-order chi connectivity index (χ0) is 14.8. The van der Waals surface area contributed by atoms with Gasteiger partial charge in [0.2, 0.25) is 0 Å². The summed E-state index contributed by atoms with van der Waals surface area (Å²) >= 11 is 1.18. The molecule has 1 aromatic carbocycles. The zero-order valence-electron chi connectivity index (χ0n) is 11.3. The molecule has 1 aliphatic rings. The molecule has 0 saturated carbocycles. The largest absolute Gasteiger partial charge is 0.394 e. The van der Waals surface area contributed by atoms with Gasteiger partial charge >= 0.3 is 0 Å². The highest BCUT2D eigenvalue weighted by Crippen LogP contribution is 2.29. The van der Waals surface area contributed by atoms with E-state index < -0.39 is 0 Å². The zero-order valence-corrected chi connectivity index (χ0v) is 12.1. The molecule has 110 valence electrons. The van der Waals surface area contributed by atoms with Crippen molar-refractivity contribution >= 4 is 17.2 Å². The number of aliphatic hydroxyl groups excluding tert-OH is 1. The van der Waals surface area contributed by atoms with Crippen molar-refractivity contribution in [3.63, 3.8) is 0 Å². The summed E-state index contributed by atoms with van der Waals surface area (Å²) in [5.74, 6) is -0.480. The van der Waals surface area contributed by atoms with Crippen molar-refractivity contribution in [2.24, 2.45) is 0 Å². The van der Waals surface area contributed by atoms with Crippen LogP contribution in [0.15, 0.2) is 30.5 Å². The normalized spacial score (nSPS) is 18.2. The molecule has 1 atom stereocenters. The monoisotopic (exact) mass is 306 g/mol. The highest BCUT2D eigenvalue weighted by molar-refractivity contribution is 7.16. The van der Waals surface area contributed by atoms with Crippen LogP contribution in [0.5, 0.6) is 0 Å². The van der Waals surface area contributed by atoms with E-state index in [2.05, 4.69) is 4.98 Å². The molecule has 3 rings (SSSR count). The maximum Gasteiger partial charge on any atom is 0.265 e. The van der Waals surface area contributed by atoms with E-state index in [-0.39, 0.29) is 24.4 Å². The second-order valence-electron chi connectivity index (χ2n) is 4.99. The lowest BCUT2D eigenvalue weighted by Gasteiger charge is -2.21. The van der Waals surface area contributed by atoms with Crippen LogP contribution in [0.4, 0.5) is 4.39 Å². The smallest absolute Gasteiger partial charge is 0.265 e. The van der Waals surface area contributed by atoms with E-state index in [1.807, 2.05) is 0 Å². The molecule has 6 heteroatoms. The molecule has 2 aromatic rings. The number of likely N-dealkylation sites (tertiary alicyclic amines) is 1. The molecule has 1 N–H and O–H groups in total. The first-order chi connectivity index (χ1) is 10.2. The highest BCUT2D eigenvalue weighted by atomic mass is 32.1. The number of halogens is 1. The van der Waals surface area contributed by atoms with Crippen LogP contribution in [0.1, 0.15) is 22.5 Å². The molecule has 0 radical (unpaired) electrons. The van der Waals surface area contributed by atoms with E-state index in [0.717, 1.165) is 12.8 Å². The number of carbonyl (C=O) groups excluding carboxylic acids is 1. The van der Waals surface area contributed by atoms with Crippen LogP contribution >= 0.6 is 11.3 Å². The fourth-order valence-corrected chi connectivity index (χ4v) is 3.47. The van der Waals surface area contributed by atoms with Crippen molar-refractivity contribution in [3.05, 3.63) is 41.2 Å². The van der Waals surface area contributed by atoms with Crippen LogP contribution in [0, 0.1) is 5.82 Å². The van der Waals surface area contributed by atoms with Crippen LogP contribution in [-0.4, -0.2) is 40.1 Å². The van der Waals surface area contributed by atoms with Gasteiger partial charge in [-0.05, 0) is 25.0 Å². The quantitative estimate of drug-likeness (QED) is 0.948. The van der Waals surface area contributed by atoms with Gasteiger partial charge in [0, 0.05) is 12.1 Å². The fourth-order valence-electron chi connectivity index (χ4n) is 2.57. The van der Waals surface area contributed by atoms with Crippen LogP contribution in [0.25, 0.3) is 10.6 Å². The lowest BCUT2D eigenvalue weighted by molar-refractivity contribution is 0.0682. The van der Waals surface area contributed by atoms with E-state index in [0.29, 0.717) is 22.0 Å². The van der Waals surface area contributed by atoms with Crippen molar-refractivity contribution < 1.29 is 14.3 Å². The lowest BCUT2D eigenvalue weighted by atomic mass is 10.2. The van der Waals surface area contributed by atoms with Crippen molar-refractivity contribution in [2.45, 2.75) is 18.9 Å². The minimum Gasteiger partial charge on any atom is -0.394 e. The predicted octanol–water partition coefficient (Wildman–Crippen LogP) is 2.55. The van der Waals surface area contributed by atoms with Gasteiger partial charge in [0.05, 0.1) is 18.8 Å². The number of hydrogen-bond acceptors (Lipinski definition) is 4. The highest BCUT2D eigenvalue weighted by Gasteiger charge is 2.30. The molecule has 1 saturated heterocycles. The number of carbonyl (C=O) groups is 1. The fraction of sp³-hybridized carbons (Fsp3) is 0.333. The van der Waals surface area contributed by atoms with E-state index in [4.69, 9.17) is 0 Å². The number of thiazole rings is 1. The van der Waals surface area contributed by atoms with Gasteiger partial charge < -0.3 is 10.0 Å². The van der Waals surface area contributed by atoms with Gasteiger partial charge in [-0.15, -0.1) is 11.3 Å². The average Bonchev–Trinajstić information content (AvgIpc) is 3.16. The first kappa shape index (κ1) is 14.2. The van der Waals surface area contributed by atoms with Crippen LogP contribution in [-0.2, 0) is 0 Å². The van der Waals surface area contributed by atoms with Gasteiger partial charge in [0.15, 0.2) is 0 Å². The molecule has 0 unspecified atom stereocenters. The number of benzene rings is 1. The summed E-state index contributed by atoms with van der Waals surface area (Å²) in [7, 11) is 0. The van der Waals surface area contributed by atoms with Crippen molar-refractivity contribution in [1.29, 1.82) is 0 Å². The Morgan fingerprint density at radius 3 is 3.05 bits per heavy atom.